The molecule has 2 aromatic carbocycles. The van der Waals surface area contributed by atoms with Gasteiger partial charge in [0.2, 0.25) is 0 Å². The van der Waals surface area contributed by atoms with Crippen LogP contribution in [-0.2, 0) is 19.5 Å². The van der Waals surface area contributed by atoms with Crippen LogP contribution in [0.1, 0.15) is 29.8 Å². The fourth-order valence-corrected chi connectivity index (χ4v) is 4.97. The summed E-state index contributed by atoms with van der Waals surface area (Å²) < 4.78 is 32.6. The summed E-state index contributed by atoms with van der Waals surface area (Å²) in [4.78, 5) is 10.7. The molecule has 6 rings (SSSR count). The van der Waals surface area contributed by atoms with Gasteiger partial charge in [-0.2, -0.15) is 5.10 Å². The fraction of sp³-hybridized carbons (Fsp3) is 0.360. The molecule has 0 radical (unpaired) electrons. The highest BCUT2D eigenvalue weighted by Crippen LogP contribution is 2.31. The van der Waals surface area contributed by atoms with Crippen LogP contribution in [0.15, 0.2) is 36.4 Å². The van der Waals surface area contributed by atoms with Gasteiger partial charge in [0.15, 0.2) is 5.82 Å². The molecule has 0 aliphatic carbocycles. The van der Waals surface area contributed by atoms with Gasteiger partial charge in [-0.05, 0) is 55.3 Å². The average molecular weight is 465 g/mol. The highest BCUT2D eigenvalue weighted by atomic mass is 19.1. The van der Waals surface area contributed by atoms with Crippen molar-refractivity contribution < 1.29 is 13.5 Å². The van der Waals surface area contributed by atoms with Crippen molar-refractivity contribution in [2.75, 3.05) is 19.7 Å². The average Bonchev–Trinajstić information content (AvgIpc) is 3.57. The lowest BCUT2D eigenvalue weighted by Gasteiger charge is -2.19. The minimum Gasteiger partial charge on any atom is -0.493 e. The molecule has 34 heavy (non-hydrogen) atoms. The number of hydrogen-bond donors (Lipinski definition) is 3. The first-order valence-electron chi connectivity index (χ1n) is 11.7. The van der Waals surface area contributed by atoms with Crippen molar-refractivity contribution in [1.29, 1.82) is 0 Å². The molecule has 2 aromatic heterocycles. The first-order valence-corrected chi connectivity index (χ1v) is 11.7. The van der Waals surface area contributed by atoms with Gasteiger partial charge in [-0.1, -0.05) is 0 Å². The molecule has 9 heteroatoms. The third-order valence-electron chi connectivity index (χ3n) is 6.60. The SMILES string of the molecule is Fc1cc(F)cc(CCOc2ccc3[nH]nc(-c4nc5c([nH]4)CN(CC4CCCN4)C5)c3c2)c1. The summed E-state index contributed by atoms with van der Waals surface area (Å²) in [6.45, 7) is 4.20. The third kappa shape index (κ3) is 4.28. The number of imidazole rings is 1. The quantitative estimate of drug-likeness (QED) is 0.386. The number of fused-ring (bicyclic) bond motifs is 2. The van der Waals surface area contributed by atoms with Crippen LogP contribution in [0.2, 0.25) is 0 Å². The Morgan fingerprint density at radius 1 is 1.09 bits per heavy atom. The molecule has 1 saturated heterocycles. The number of H-pyrrole nitrogens is 2. The van der Waals surface area contributed by atoms with Gasteiger partial charge in [-0.15, -0.1) is 0 Å². The van der Waals surface area contributed by atoms with E-state index in [0.717, 1.165) is 66.1 Å². The molecule has 7 nitrogen and oxygen atoms in total. The Morgan fingerprint density at radius 3 is 2.76 bits per heavy atom. The van der Waals surface area contributed by atoms with E-state index in [2.05, 4.69) is 25.4 Å². The predicted molar refractivity (Wildman–Crippen MR) is 124 cm³/mol. The first kappa shape index (κ1) is 21.2. The number of ether oxygens (including phenoxy) is 1. The van der Waals surface area contributed by atoms with E-state index in [0.29, 0.717) is 30.4 Å². The smallest absolute Gasteiger partial charge is 0.159 e. The van der Waals surface area contributed by atoms with Crippen molar-refractivity contribution in [2.24, 2.45) is 0 Å². The molecule has 0 amide bonds. The van der Waals surface area contributed by atoms with Crippen LogP contribution in [0, 0.1) is 11.6 Å². The molecule has 0 spiro atoms. The minimum absolute atomic E-state index is 0.308. The second-order valence-corrected chi connectivity index (χ2v) is 9.13. The maximum absolute atomic E-state index is 13.4. The molecule has 0 saturated carbocycles. The second kappa shape index (κ2) is 8.81. The number of nitrogens with zero attached hydrogens (tertiary/aromatic N) is 3. The Hall–Kier alpha value is -3.30. The molecule has 2 aliphatic rings. The number of aromatic nitrogens is 4. The van der Waals surface area contributed by atoms with E-state index in [1.54, 1.807) is 0 Å². The van der Waals surface area contributed by atoms with Crippen LogP contribution in [0.3, 0.4) is 0 Å². The number of hydrogen-bond acceptors (Lipinski definition) is 5. The van der Waals surface area contributed by atoms with Gasteiger partial charge in [0.25, 0.3) is 0 Å². The molecule has 4 heterocycles. The zero-order chi connectivity index (χ0) is 23.1. The number of benzene rings is 2. The summed E-state index contributed by atoms with van der Waals surface area (Å²) in [5, 5.41) is 12.0. The summed E-state index contributed by atoms with van der Waals surface area (Å²) in [6, 6.07) is 9.79. The largest absolute Gasteiger partial charge is 0.493 e. The lowest BCUT2D eigenvalue weighted by atomic mass is 10.1. The van der Waals surface area contributed by atoms with E-state index in [-0.39, 0.29) is 0 Å². The summed E-state index contributed by atoms with van der Waals surface area (Å²) in [5.41, 5.74) is 4.44. The van der Waals surface area contributed by atoms with E-state index < -0.39 is 11.6 Å². The fourth-order valence-electron chi connectivity index (χ4n) is 4.97. The molecule has 0 bridgehead atoms. The molecule has 4 aromatic rings. The lowest BCUT2D eigenvalue weighted by Crippen LogP contribution is -2.34. The molecule has 1 unspecified atom stereocenters. The Morgan fingerprint density at radius 2 is 1.97 bits per heavy atom. The van der Waals surface area contributed by atoms with Crippen molar-refractivity contribution in [3.8, 4) is 17.3 Å². The molecule has 176 valence electrons. The topological polar surface area (TPSA) is 81.9 Å². The lowest BCUT2D eigenvalue weighted by molar-refractivity contribution is 0.253. The van der Waals surface area contributed by atoms with Crippen LogP contribution >= 0.6 is 0 Å². The van der Waals surface area contributed by atoms with Crippen LogP contribution < -0.4 is 10.1 Å². The van der Waals surface area contributed by atoms with Crippen LogP contribution in [0.5, 0.6) is 5.75 Å². The minimum atomic E-state index is -0.580. The summed E-state index contributed by atoms with van der Waals surface area (Å²) in [6.07, 6.45) is 2.90. The molecule has 1 fully saturated rings. The van der Waals surface area contributed by atoms with E-state index in [9.17, 15) is 8.78 Å². The van der Waals surface area contributed by atoms with Gasteiger partial charge in [-0.3, -0.25) is 10.00 Å². The summed E-state index contributed by atoms with van der Waals surface area (Å²) >= 11 is 0. The Balaban J connectivity index is 1.14. The van der Waals surface area contributed by atoms with Gasteiger partial charge < -0.3 is 15.0 Å². The van der Waals surface area contributed by atoms with Gasteiger partial charge in [-0.25, -0.2) is 13.8 Å². The Kier molecular flexibility index (Phi) is 5.50. The van der Waals surface area contributed by atoms with Crippen LogP contribution in [-0.4, -0.2) is 50.8 Å². The number of aromatic amines is 2. The van der Waals surface area contributed by atoms with Crippen LogP contribution in [0.25, 0.3) is 22.4 Å². The summed E-state index contributed by atoms with van der Waals surface area (Å²) in [5.74, 6) is 0.259. The maximum Gasteiger partial charge on any atom is 0.159 e. The molecule has 1 atom stereocenters. The van der Waals surface area contributed by atoms with Crippen molar-refractivity contribution in [1.82, 2.24) is 30.4 Å². The van der Waals surface area contributed by atoms with Gasteiger partial charge in [0.1, 0.15) is 23.1 Å². The second-order valence-electron chi connectivity index (χ2n) is 9.13. The molecular weight excluding hydrogens is 438 g/mol. The third-order valence-corrected chi connectivity index (χ3v) is 6.60. The Labute approximate surface area is 195 Å². The Bertz CT molecular complexity index is 1280. The van der Waals surface area contributed by atoms with E-state index in [4.69, 9.17) is 9.72 Å². The monoisotopic (exact) mass is 464 g/mol. The zero-order valence-electron chi connectivity index (χ0n) is 18.7. The van der Waals surface area contributed by atoms with Gasteiger partial charge >= 0.3 is 0 Å². The number of rotatable bonds is 7. The zero-order valence-corrected chi connectivity index (χ0v) is 18.7. The highest BCUT2D eigenvalue weighted by Gasteiger charge is 2.27. The van der Waals surface area contributed by atoms with Crippen molar-refractivity contribution in [3.63, 3.8) is 0 Å². The normalized spacial score (nSPS) is 18.1. The van der Waals surface area contributed by atoms with Crippen LogP contribution in [0.4, 0.5) is 8.78 Å². The summed E-state index contributed by atoms with van der Waals surface area (Å²) in [7, 11) is 0. The first-order chi connectivity index (χ1) is 16.6. The van der Waals surface area contributed by atoms with E-state index >= 15 is 0 Å². The van der Waals surface area contributed by atoms with Crippen molar-refractivity contribution in [2.45, 2.75) is 38.4 Å². The molecular formula is C25H26F2N6O. The van der Waals surface area contributed by atoms with Crippen molar-refractivity contribution >= 4 is 10.9 Å². The van der Waals surface area contributed by atoms with Gasteiger partial charge in [0, 0.05) is 43.5 Å². The predicted octanol–water partition coefficient (Wildman–Crippen LogP) is 3.92. The number of halogens is 2. The number of nitrogens with one attached hydrogen (secondary N) is 3. The molecule has 3 N–H and O–H groups in total. The maximum atomic E-state index is 13.4. The molecule has 2 aliphatic heterocycles. The van der Waals surface area contributed by atoms with Gasteiger partial charge in [0.05, 0.1) is 23.5 Å². The van der Waals surface area contributed by atoms with E-state index in [1.807, 2.05) is 18.2 Å². The highest BCUT2D eigenvalue weighted by molar-refractivity contribution is 5.92. The van der Waals surface area contributed by atoms with Crippen molar-refractivity contribution in [3.05, 3.63) is 65.0 Å². The standard InChI is InChI=1S/C25H26F2N6O/c26-16-8-15(9-17(27)10-16)5-7-34-19-3-4-21-20(11-19)24(32-31-21)25-29-22-13-33(14-23(22)30-25)12-18-2-1-6-28-18/h3-4,8-11,18,28H,1-2,5-7,12-14H2,(H,29,30)(H,31,32). The van der Waals surface area contributed by atoms with E-state index in [1.165, 1.54) is 25.0 Å².